The van der Waals surface area contributed by atoms with Crippen molar-refractivity contribution in [2.75, 3.05) is 50.8 Å². The molecule has 2 heterocycles. The number of aliphatic hydroxyl groups is 1. The second kappa shape index (κ2) is 7.95. The van der Waals surface area contributed by atoms with Crippen LogP contribution in [0.4, 0.5) is 5.69 Å². The van der Waals surface area contributed by atoms with Crippen LogP contribution in [0.25, 0.3) is 0 Å². The van der Waals surface area contributed by atoms with Crippen LogP contribution in [0.2, 0.25) is 0 Å². The summed E-state index contributed by atoms with van der Waals surface area (Å²) >= 11 is 0. The summed E-state index contributed by atoms with van der Waals surface area (Å²) in [6.07, 6.45) is 0.208. The van der Waals surface area contributed by atoms with E-state index in [2.05, 4.69) is 9.80 Å². The van der Waals surface area contributed by atoms with E-state index < -0.39 is 6.04 Å². The molecule has 7 heteroatoms. The second-order valence-electron chi connectivity index (χ2n) is 6.29. The van der Waals surface area contributed by atoms with Gasteiger partial charge in [-0.3, -0.25) is 19.4 Å². The van der Waals surface area contributed by atoms with Gasteiger partial charge in [-0.15, -0.1) is 0 Å². The van der Waals surface area contributed by atoms with Gasteiger partial charge in [0.2, 0.25) is 5.91 Å². The molecule has 3 rings (SSSR count). The lowest BCUT2D eigenvalue weighted by atomic mass is 10.1. The van der Waals surface area contributed by atoms with Crippen molar-refractivity contribution in [2.24, 2.45) is 0 Å². The molecule has 0 radical (unpaired) electrons. The molecule has 0 saturated carbocycles. The van der Waals surface area contributed by atoms with Gasteiger partial charge in [0.1, 0.15) is 5.75 Å². The van der Waals surface area contributed by atoms with Crippen LogP contribution in [-0.4, -0.2) is 78.7 Å². The van der Waals surface area contributed by atoms with E-state index in [0.717, 1.165) is 26.2 Å². The van der Waals surface area contributed by atoms with Crippen LogP contribution in [0.1, 0.15) is 13.3 Å². The Morgan fingerprint density at radius 1 is 1.16 bits per heavy atom. The number of imide groups is 1. The summed E-state index contributed by atoms with van der Waals surface area (Å²) in [7, 11) is 0. The van der Waals surface area contributed by atoms with Crippen molar-refractivity contribution in [3.05, 3.63) is 24.3 Å². The van der Waals surface area contributed by atoms with Crippen molar-refractivity contribution in [3.8, 4) is 5.75 Å². The van der Waals surface area contributed by atoms with E-state index in [1.54, 1.807) is 18.2 Å². The van der Waals surface area contributed by atoms with Crippen molar-refractivity contribution < 1.29 is 19.4 Å². The molecule has 1 aromatic carbocycles. The first-order valence-electron chi connectivity index (χ1n) is 8.81. The van der Waals surface area contributed by atoms with Gasteiger partial charge < -0.3 is 9.84 Å². The molecule has 25 heavy (non-hydrogen) atoms. The molecule has 2 amide bonds. The predicted octanol–water partition coefficient (Wildman–Crippen LogP) is 0.327. The van der Waals surface area contributed by atoms with Gasteiger partial charge in [-0.05, 0) is 19.1 Å². The number of hydrogen-bond acceptors (Lipinski definition) is 6. The monoisotopic (exact) mass is 347 g/mol. The zero-order valence-electron chi connectivity index (χ0n) is 14.6. The van der Waals surface area contributed by atoms with Gasteiger partial charge in [0.05, 0.1) is 31.4 Å². The van der Waals surface area contributed by atoms with Crippen molar-refractivity contribution >= 4 is 17.5 Å². The number of benzene rings is 1. The molecule has 2 aliphatic heterocycles. The minimum atomic E-state index is -0.404. The van der Waals surface area contributed by atoms with E-state index in [9.17, 15) is 9.59 Å². The topological polar surface area (TPSA) is 73.3 Å². The Bertz CT molecular complexity index is 629. The third-order valence-corrected chi connectivity index (χ3v) is 4.79. The quantitative estimate of drug-likeness (QED) is 0.748. The van der Waals surface area contributed by atoms with Gasteiger partial charge in [-0.25, -0.2) is 4.90 Å². The van der Waals surface area contributed by atoms with Crippen LogP contribution in [0, 0.1) is 0 Å². The molecule has 0 aliphatic carbocycles. The van der Waals surface area contributed by atoms with Crippen molar-refractivity contribution in [3.63, 3.8) is 0 Å². The van der Waals surface area contributed by atoms with Crippen LogP contribution >= 0.6 is 0 Å². The Hall–Kier alpha value is -1.96. The van der Waals surface area contributed by atoms with Crippen LogP contribution in [0.3, 0.4) is 0 Å². The molecule has 0 aromatic heterocycles. The standard InChI is InChI=1S/C18H25N3O4/c1-2-25-16-6-4-3-5-14(16)21-17(23)13-15(18(21)24)20-9-7-19(8-10-20)11-12-22/h3-6,15,22H,2,7-13H2,1H3/t15-/m0/s1. The Morgan fingerprint density at radius 2 is 1.88 bits per heavy atom. The van der Waals surface area contributed by atoms with Gasteiger partial charge in [0, 0.05) is 32.7 Å². The van der Waals surface area contributed by atoms with Gasteiger partial charge in [-0.1, -0.05) is 12.1 Å². The van der Waals surface area contributed by atoms with Crippen LogP contribution in [0.5, 0.6) is 5.75 Å². The second-order valence-corrected chi connectivity index (χ2v) is 6.29. The predicted molar refractivity (Wildman–Crippen MR) is 93.6 cm³/mol. The highest BCUT2D eigenvalue weighted by molar-refractivity contribution is 6.23. The number of aliphatic hydroxyl groups excluding tert-OH is 1. The first kappa shape index (κ1) is 17.8. The van der Waals surface area contributed by atoms with E-state index in [1.807, 2.05) is 13.0 Å². The maximum absolute atomic E-state index is 12.9. The van der Waals surface area contributed by atoms with Crippen LogP contribution in [0.15, 0.2) is 24.3 Å². The smallest absolute Gasteiger partial charge is 0.251 e. The maximum atomic E-state index is 12.9. The third kappa shape index (κ3) is 3.68. The first-order chi connectivity index (χ1) is 12.2. The summed E-state index contributed by atoms with van der Waals surface area (Å²) in [6, 6.07) is 6.76. The number of carbonyl (C=O) groups is 2. The Balaban J connectivity index is 1.73. The number of carbonyl (C=O) groups excluding carboxylic acids is 2. The summed E-state index contributed by atoms with van der Waals surface area (Å²) in [4.78, 5) is 31.0. The van der Waals surface area contributed by atoms with Crippen LogP contribution < -0.4 is 9.64 Å². The van der Waals surface area contributed by atoms with Gasteiger partial charge in [-0.2, -0.15) is 0 Å². The molecule has 0 spiro atoms. The normalized spacial score (nSPS) is 22.6. The largest absolute Gasteiger partial charge is 0.492 e. The molecular formula is C18H25N3O4. The Kier molecular flexibility index (Phi) is 5.67. The number of β-amino-alcohol motifs (C(OH)–C–C–N with tert-alkyl or cyclic N) is 1. The zero-order valence-corrected chi connectivity index (χ0v) is 14.6. The van der Waals surface area contributed by atoms with E-state index in [1.165, 1.54) is 4.90 Å². The lowest BCUT2D eigenvalue weighted by Crippen LogP contribution is -2.53. The Labute approximate surface area is 147 Å². The minimum absolute atomic E-state index is 0.142. The number of hydrogen-bond donors (Lipinski definition) is 1. The van der Waals surface area contributed by atoms with Gasteiger partial charge >= 0.3 is 0 Å². The van der Waals surface area contributed by atoms with E-state index in [4.69, 9.17) is 9.84 Å². The van der Waals surface area contributed by atoms with Crippen molar-refractivity contribution in [1.82, 2.24) is 9.80 Å². The maximum Gasteiger partial charge on any atom is 0.251 e. The number of piperazine rings is 1. The number of ether oxygens (including phenoxy) is 1. The average Bonchev–Trinajstić information content (AvgIpc) is 2.91. The fourth-order valence-electron chi connectivity index (χ4n) is 3.51. The fourth-order valence-corrected chi connectivity index (χ4v) is 3.51. The molecule has 1 atom stereocenters. The lowest BCUT2D eigenvalue weighted by molar-refractivity contribution is -0.123. The summed E-state index contributed by atoms with van der Waals surface area (Å²) in [5.41, 5.74) is 0.528. The molecule has 2 fully saturated rings. The zero-order chi connectivity index (χ0) is 17.8. The summed E-state index contributed by atoms with van der Waals surface area (Å²) in [5, 5.41) is 9.03. The molecule has 0 bridgehead atoms. The molecule has 1 aromatic rings. The number of nitrogens with zero attached hydrogens (tertiary/aromatic N) is 3. The fraction of sp³-hybridized carbons (Fsp3) is 0.556. The SMILES string of the molecule is CCOc1ccccc1N1C(=O)C[C@H](N2CCN(CCO)CC2)C1=O. The van der Waals surface area contributed by atoms with E-state index in [-0.39, 0.29) is 24.8 Å². The van der Waals surface area contributed by atoms with Crippen molar-refractivity contribution in [2.45, 2.75) is 19.4 Å². The highest BCUT2D eigenvalue weighted by Gasteiger charge is 2.44. The van der Waals surface area contributed by atoms with Crippen molar-refractivity contribution in [1.29, 1.82) is 0 Å². The molecule has 136 valence electrons. The molecule has 0 unspecified atom stereocenters. The third-order valence-electron chi connectivity index (χ3n) is 4.79. The highest BCUT2D eigenvalue weighted by atomic mass is 16.5. The van der Waals surface area contributed by atoms with Gasteiger partial charge in [0.25, 0.3) is 5.91 Å². The molecule has 2 saturated heterocycles. The first-order valence-corrected chi connectivity index (χ1v) is 8.81. The van der Waals surface area contributed by atoms with E-state index in [0.29, 0.717) is 24.6 Å². The minimum Gasteiger partial charge on any atom is -0.492 e. The van der Waals surface area contributed by atoms with Crippen LogP contribution in [-0.2, 0) is 9.59 Å². The summed E-state index contributed by atoms with van der Waals surface area (Å²) in [6.45, 7) is 6.20. The molecular weight excluding hydrogens is 322 g/mol. The molecule has 2 aliphatic rings. The molecule has 1 N–H and O–H groups in total. The lowest BCUT2D eigenvalue weighted by Gasteiger charge is -2.36. The number of amides is 2. The van der Waals surface area contributed by atoms with Gasteiger partial charge in [0.15, 0.2) is 0 Å². The summed E-state index contributed by atoms with van der Waals surface area (Å²) in [5.74, 6) is 0.202. The number of anilines is 1. The molecule has 7 nitrogen and oxygen atoms in total. The highest BCUT2D eigenvalue weighted by Crippen LogP contribution is 2.33. The number of para-hydroxylation sites is 2. The average molecular weight is 347 g/mol. The van der Waals surface area contributed by atoms with E-state index >= 15 is 0 Å². The summed E-state index contributed by atoms with van der Waals surface area (Å²) < 4.78 is 5.58. The Morgan fingerprint density at radius 3 is 2.56 bits per heavy atom. The number of rotatable bonds is 6.